The second-order valence-electron chi connectivity index (χ2n) is 4.76. The predicted octanol–water partition coefficient (Wildman–Crippen LogP) is 2.60. The molecule has 0 aliphatic carbocycles. The van der Waals surface area contributed by atoms with Crippen LogP contribution in [-0.2, 0) is 16.1 Å². The number of hydrogen-bond donors (Lipinski definition) is 3. The summed E-state index contributed by atoms with van der Waals surface area (Å²) in [5, 5.41) is 14.6. The molecule has 21 heavy (non-hydrogen) atoms. The van der Waals surface area contributed by atoms with Gasteiger partial charge >= 0.3 is 12.0 Å². The van der Waals surface area contributed by atoms with E-state index < -0.39 is 17.5 Å². The molecule has 0 aliphatic rings. The number of urea groups is 1. The van der Waals surface area contributed by atoms with Gasteiger partial charge in [0.2, 0.25) is 0 Å². The summed E-state index contributed by atoms with van der Waals surface area (Å²) >= 11 is 0. The lowest BCUT2D eigenvalue weighted by Crippen LogP contribution is -2.55. The van der Waals surface area contributed by atoms with E-state index in [1.807, 2.05) is 12.1 Å². The molecule has 0 atom stereocenters. The van der Waals surface area contributed by atoms with Gasteiger partial charge in [-0.1, -0.05) is 32.0 Å². The second-order valence-corrected chi connectivity index (χ2v) is 4.76. The van der Waals surface area contributed by atoms with Gasteiger partial charge in [0.1, 0.15) is 5.54 Å². The monoisotopic (exact) mass is 294 g/mol. The molecule has 0 heterocycles. The van der Waals surface area contributed by atoms with Crippen LogP contribution in [-0.4, -0.2) is 29.8 Å². The normalized spacial score (nSPS) is 11.0. The second kappa shape index (κ2) is 7.64. The fourth-order valence-corrected chi connectivity index (χ4v) is 2.08. The fourth-order valence-electron chi connectivity index (χ4n) is 2.08. The number of rotatable bonds is 7. The Labute approximate surface area is 124 Å². The molecule has 1 rings (SSSR count). The number of amides is 2. The third-order valence-electron chi connectivity index (χ3n) is 3.53. The van der Waals surface area contributed by atoms with Gasteiger partial charge < -0.3 is 20.5 Å². The predicted molar refractivity (Wildman–Crippen MR) is 80.3 cm³/mol. The number of methoxy groups -OCH3 is 1. The Hall–Kier alpha value is -2.08. The molecule has 2 amide bonds. The molecule has 3 N–H and O–H groups in total. The Balaban J connectivity index is 2.84. The number of carboxylic acid groups (broad SMARTS) is 1. The van der Waals surface area contributed by atoms with E-state index in [2.05, 4.69) is 10.6 Å². The summed E-state index contributed by atoms with van der Waals surface area (Å²) in [5.41, 5.74) is 0.174. The van der Waals surface area contributed by atoms with Crippen LogP contribution < -0.4 is 10.6 Å². The van der Waals surface area contributed by atoms with Crippen molar-refractivity contribution >= 4 is 17.7 Å². The van der Waals surface area contributed by atoms with Crippen LogP contribution in [0.4, 0.5) is 10.5 Å². The van der Waals surface area contributed by atoms with Crippen molar-refractivity contribution in [3.8, 4) is 0 Å². The van der Waals surface area contributed by atoms with E-state index in [4.69, 9.17) is 4.74 Å². The van der Waals surface area contributed by atoms with Crippen molar-refractivity contribution in [2.45, 2.75) is 38.8 Å². The van der Waals surface area contributed by atoms with Gasteiger partial charge in [0.25, 0.3) is 0 Å². The first-order valence-electron chi connectivity index (χ1n) is 6.88. The number of carboxylic acids is 1. The molecule has 0 unspecified atom stereocenters. The van der Waals surface area contributed by atoms with Gasteiger partial charge in [0.05, 0.1) is 6.61 Å². The number of anilines is 1. The lowest BCUT2D eigenvalue weighted by molar-refractivity contribution is -0.144. The van der Waals surface area contributed by atoms with Crippen LogP contribution in [0.1, 0.15) is 32.3 Å². The number of carbonyl (C=O) groups is 2. The van der Waals surface area contributed by atoms with E-state index in [-0.39, 0.29) is 0 Å². The number of hydrogen-bond acceptors (Lipinski definition) is 3. The van der Waals surface area contributed by atoms with Crippen LogP contribution in [0.3, 0.4) is 0 Å². The molecule has 0 aromatic heterocycles. The first-order chi connectivity index (χ1) is 9.99. The fraction of sp³-hybridized carbons (Fsp3) is 0.467. The summed E-state index contributed by atoms with van der Waals surface area (Å²) in [6.45, 7) is 3.83. The summed E-state index contributed by atoms with van der Waals surface area (Å²) in [4.78, 5) is 23.5. The molecule has 6 nitrogen and oxygen atoms in total. The maximum atomic E-state index is 12.1. The zero-order chi connectivity index (χ0) is 15.9. The highest BCUT2D eigenvalue weighted by Crippen LogP contribution is 2.18. The molecule has 0 bridgehead atoms. The van der Waals surface area contributed by atoms with Crippen LogP contribution in [0.5, 0.6) is 0 Å². The van der Waals surface area contributed by atoms with Gasteiger partial charge in [-0.25, -0.2) is 9.59 Å². The van der Waals surface area contributed by atoms with Gasteiger partial charge in [0, 0.05) is 18.4 Å². The molecule has 0 saturated carbocycles. The number of aliphatic carboxylic acids is 1. The van der Waals surface area contributed by atoms with Crippen molar-refractivity contribution in [1.29, 1.82) is 0 Å². The SMILES string of the molecule is CCC(CC)(NC(=O)Nc1ccccc1COC)C(=O)O. The minimum absolute atomic E-state index is 0.311. The standard InChI is InChI=1S/C15H22N2O4/c1-4-15(5-2,13(18)19)17-14(20)16-12-9-7-6-8-11(12)10-21-3/h6-9H,4-5,10H2,1-3H3,(H,18,19)(H2,16,17,20). The maximum Gasteiger partial charge on any atom is 0.329 e. The van der Waals surface area contributed by atoms with Gasteiger partial charge in [-0.05, 0) is 18.9 Å². The zero-order valence-electron chi connectivity index (χ0n) is 12.6. The molecule has 0 fully saturated rings. The molecule has 0 aliphatic heterocycles. The van der Waals surface area contributed by atoms with Crippen LogP contribution in [0, 0.1) is 0 Å². The smallest absolute Gasteiger partial charge is 0.329 e. The van der Waals surface area contributed by atoms with Crippen molar-refractivity contribution in [3.63, 3.8) is 0 Å². The highest BCUT2D eigenvalue weighted by atomic mass is 16.5. The first-order valence-corrected chi connectivity index (χ1v) is 6.88. The minimum Gasteiger partial charge on any atom is -0.480 e. The summed E-state index contributed by atoms with van der Waals surface area (Å²) < 4.78 is 5.07. The summed E-state index contributed by atoms with van der Waals surface area (Å²) in [6.07, 6.45) is 0.623. The topological polar surface area (TPSA) is 87.7 Å². The molecular weight excluding hydrogens is 272 g/mol. The Kier molecular flexibility index (Phi) is 6.17. The Morgan fingerprint density at radius 3 is 2.38 bits per heavy atom. The van der Waals surface area contributed by atoms with Crippen LogP contribution in [0.2, 0.25) is 0 Å². The lowest BCUT2D eigenvalue weighted by atomic mass is 9.93. The van der Waals surface area contributed by atoms with E-state index in [1.54, 1.807) is 33.1 Å². The van der Waals surface area contributed by atoms with Crippen molar-refractivity contribution < 1.29 is 19.4 Å². The molecule has 116 valence electrons. The number of carbonyl (C=O) groups excluding carboxylic acids is 1. The van der Waals surface area contributed by atoms with Gasteiger partial charge in [-0.15, -0.1) is 0 Å². The Bertz CT molecular complexity index is 498. The highest BCUT2D eigenvalue weighted by molar-refractivity contribution is 5.94. The van der Waals surface area contributed by atoms with Gasteiger partial charge in [-0.2, -0.15) is 0 Å². The van der Waals surface area contributed by atoms with Crippen LogP contribution in [0.25, 0.3) is 0 Å². The maximum absolute atomic E-state index is 12.1. The average molecular weight is 294 g/mol. The molecule has 1 aromatic carbocycles. The van der Waals surface area contributed by atoms with E-state index in [0.29, 0.717) is 25.1 Å². The third-order valence-corrected chi connectivity index (χ3v) is 3.53. The molecule has 1 aromatic rings. The molecule has 0 saturated heterocycles. The lowest BCUT2D eigenvalue weighted by Gasteiger charge is -2.28. The Morgan fingerprint density at radius 1 is 1.24 bits per heavy atom. The largest absolute Gasteiger partial charge is 0.480 e. The van der Waals surface area contributed by atoms with Crippen LogP contribution >= 0.6 is 0 Å². The van der Waals surface area contributed by atoms with Crippen molar-refractivity contribution in [2.24, 2.45) is 0 Å². The summed E-state index contributed by atoms with van der Waals surface area (Å²) in [5.74, 6) is -1.03. The Morgan fingerprint density at radius 2 is 1.86 bits per heavy atom. The van der Waals surface area contributed by atoms with Crippen molar-refractivity contribution in [1.82, 2.24) is 5.32 Å². The molecule has 6 heteroatoms. The highest BCUT2D eigenvalue weighted by Gasteiger charge is 2.36. The summed E-state index contributed by atoms with van der Waals surface area (Å²) in [6, 6.07) is 6.68. The summed E-state index contributed by atoms with van der Waals surface area (Å²) in [7, 11) is 1.57. The quantitative estimate of drug-likeness (QED) is 0.721. The third kappa shape index (κ3) is 4.19. The van der Waals surface area contributed by atoms with Crippen molar-refractivity contribution in [2.75, 3.05) is 12.4 Å². The minimum atomic E-state index is -1.25. The van der Waals surface area contributed by atoms with Crippen LogP contribution in [0.15, 0.2) is 24.3 Å². The van der Waals surface area contributed by atoms with Crippen molar-refractivity contribution in [3.05, 3.63) is 29.8 Å². The van der Waals surface area contributed by atoms with E-state index in [1.165, 1.54) is 0 Å². The van der Waals surface area contributed by atoms with Gasteiger partial charge in [-0.3, -0.25) is 0 Å². The molecule has 0 radical (unpaired) electrons. The number of para-hydroxylation sites is 1. The average Bonchev–Trinajstić information content (AvgIpc) is 2.47. The molecular formula is C15H22N2O4. The number of ether oxygens (including phenoxy) is 1. The zero-order valence-corrected chi connectivity index (χ0v) is 12.6. The number of benzene rings is 1. The molecule has 0 spiro atoms. The van der Waals surface area contributed by atoms with E-state index >= 15 is 0 Å². The van der Waals surface area contributed by atoms with E-state index in [0.717, 1.165) is 5.56 Å². The van der Waals surface area contributed by atoms with E-state index in [9.17, 15) is 14.7 Å². The first kappa shape index (κ1) is 17.0. The van der Waals surface area contributed by atoms with Gasteiger partial charge in [0.15, 0.2) is 0 Å². The number of nitrogens with one attached hydrogen (secondary N) is 2.